The topological polar surface area (TPSA) is 73.1 Å². The Morgan fingerprint density at radius 2 is 2.33 bits per heavy atom. The Labute approximate surface area is 91.4 Å². The molecule has 0 aliphatic heterocycles. The van der Waals surface area contributed by atoms with Crippen molar-refractivity contribution < 1.29 is 9.90 Å². The van der Waals surface area contributed by atoms with E-state index in [-0.39, 0.29) is 5.57 Å². The summed E-state index contributed by atoms with van der Waals surface area (Å²) in [6, 6.07) is 8.02. The second kappa shape index (κ2) is 5.03. The number of aliphatic hydroxyl groups is 1. The van der Waals surface area contributed by atoms with Crippen molar-refractivity contribution in [3.63, 3.8) is 0 Å². The lowest BCUT2D eigenvalue weighted by Gasteiger charge is -2.03. The van der Waals surface area contributed by atoms with Crippen LogP contribution in [0, 0.1) is 11.3 Å². The number of nitriles is 1. The number of benzene rings is 1. The first-order chi connectivity index (χ1) is 7.17. The maximum absolute atomic E-state index is 11.3. The van der Waals surface area contributed by atoms with E-state index >= 15 is 0 Å². The molecule has 5 heteroatoms. The van der Waals surface area contributed by atoms with Gasteiger partial charge in [0.05, 0.1) is 0 Å². The molecular formula is C10H7ClN2O2. The first-order valence-electron chi connectivity index (χ1n) is 3.98. The minimum atomic E-state index is -0.678. The van der Waals surface area contributed by atoms with Gasteiger partial charge in [0.25, 0.3) is 5.91 Å². The Balaban J connectivity index is 2.80. The highest BCUT2D eigenvalue weighted by molar-refractivity contribution is 6.31. The number of nitrogens with zero attached hydrogens (tertiary/aromatic N) is 1. The summed E-state index contributed by atoms with van der Waals surface area (Å²) >= 11 is 5.70. The summed E-state index contributed by atoms with van der Waals surface area (Å²) in [5.74, 6) is -0.678. The first kappa shape index (κ1) is 11.1. The quantitative estimate of drug-likeness (QED) is 0.458. The van der Waals surface area contributed by atoms with E-state index in [0.29, 0.717) is 17.0 Å². The molecule has 0 aromatic heterocycles. The number of carbonyl (C=O) groups excluding carboxylic acids is 1. The fourth-order valence-electron chi connectivity index (χ4n) is 0.903. The Morgan fingerprint density at radius 3 is 2.87 bits per heavy atom. The monoisotopic (exact) mass is 222 g/mol. The average Bonchev–Trinajstić information content (AvgIpc) is 2.19. The number of aliphatic hydroxyl groups excluding tert-OH is 1. The zero-order valence-corrected chi connectivity index (χ0v) is 8.32. The summed E-state index contributed by atoms with van der Waals surface area (Å²) in [6.45, 7) is 0. The third kappa shape index (κ3) is 3.01. The molecule has 0 aliphatic rings. The number of rotatable bonds is 2. The number of nitrogens with one attached hydrogen (secondary N) is 1. The summed E-state index contributed by atoms with van der Waals surface area (Å²) in [5, 5.41) is 19.9. The molecule has 0 heterocycles. The summed E-state index contributed by atoms with van der Waals surface area (Å²) in [4.78, 5) is 11.3. The van der Waals surface area contributed by atoms with E-state index in [0.717, 1.165) is 0 Å². The van der Waals surface area contributed by atoms with Crippen LogP contribution < -0.4 is 5.32 Å². The van der Waals surface area contributed by atoms with Gasteiger partial charge in [-0.2, -0.15) is 5.26 Å². The Kier molecular flexibility index (Phi) is 3.72. The number of amides is 1. The summed E-state index contributed by atoms with van der Waals surface area (Å²) < 4.78 is 0. The second-order valence-corrected chi connectivity index (χ2v) is 3.06. The highest BCUT2D eigenvalue weighted by Crippen LogP contribution is 2.15. The molecule has 0 radical (unpaired) electrons. The summed E-state index contributed by atoms with van der Waals surface area (Å²) in [6.07, 6.45) is 0.458. The van der Waals surface area contributed by atoms with Crippen LogP contribution in [-0.2, 0) is 4.79 Å². The van der Waals surface area contributed by atoms with Gasteiger partial charge in [-0.1, -0.05) is 17.7 Å². The highest BCUT2D eigenvalue weighted by atomic mass is 35.5. The van der Waals surface area contributed by atoms with Gasteiger partial charge in [-0.25, -0.2) is 0 Å². The highest BCUT2D eigenvalue weighted by Gasteiger charge is 2.08. The van der Waals surface area contributed by atoms with Crippen LogP contribution in [0.1, 0.15) is 0 Å². The molecule has 0 unspecified atom stereocenters. The maximum Gasteiger partial charge on any atom is 0.269 e. The molecule has 2 N–H and O–H groups in total. The van der Waals surface area contributed by atoms with Crippen molar-refractivity contribution >= 4 is 23.2 Å². The van der Waals surface area contributed by atoms with Crippen molar-refractivity contribution in [2.24, 2.45) is 0 Å². The van der Waals surface area contributed by atoms with Gasteiger partial charge in [-0.15, -0.1) is 0 Å². The molecule has 1 aromatic carbocycles. The Bertz CT molecular complexity index is 449. The normalized spacial score (nSPS) is 10.5. The molecule has 0 fully saturated rings. The Hall–Kier alpha value is -1.99. The van der Waals surface area contributed by atoms with Crippen LogP contribution in [0.2, 0.25) is 5.02 Å². The molecule has 76 valence electrons. The molecule has 0 bridgehead atoms. The van der Waals surface area contributed by atoms with Crippen molar-refractivity contribution in [1.82, 2.24) is 0 Å². The zero-order chi connectivity index (χ0) is 11.3. The molecule has 0 atom stereocenters. The molecule has 1 rings (SSSR count). The molecule has 15 heavy (non-hydrogen) atoms. The van der Waals surface area contributed by atoms with Gasteiger partial charge in [-0.3, -0.25) is 4.79 Å². The van der Waals surface area contributed by atoms with Gasteiger partial charge in [-0.05, 0) is 18.2 Å². The molecule has 0 spiro atoms. The molecule has 1 aromatic rings. The third-order valence-corrected chi connectivity index (χ3v) is 1.81. The van der Waals surface area contributed by atoms with Gasteiger partial charge in [0, 0.05) is 10.7 Å². The SMILES string of the molecule is N#CC(=CO)C(=O)Nc1cccc(Cl)c1. The Morgan fingerprint density at radius 1 is 1.60 bits per heavy atom. The fourth-order valence-corrected chi connectivity index (χ4v) is 1.09. The number of halogens is 1. The largest absolute Gasteiger partial charge is 0.514 e. The minimum Gasteiger partial charge on any atom is -0.514 e. The van der Waals surface area contributed by atoms with Crippen LogP contribution >= 0.6 is 11.6 Å². The maximum atomic E-state index is 11.3. The molecule has 0 saturated carbocycles. The molecule has 0 saturated heterocycles. The third-order valence-electron chi connectivity index (χ3n) is 1.58. The molecule has 4 nitrogen and oxygen atoms in total. The second-order valence-electron chi connectivity index (χ2n) is 2.62. The van der Waals surface area contributed by atoms with Crippen LogP contribution in [-0.4, -0.2) is 11.0 Å². The lowest BCUT2D eigenvalue weighted by molar-refractivity contribution is -0.112. The standard InChI is InChI=1S/C10H7ClN2O2/c11-8-2-1-3-9(4-8)13-10(15)7(5-12)6-14/h1-4,6,14H,(H,13,15). The van der Waals surface area contributed by atoms with Gasteiger partial charge in [0.2, 0.25) is 0 Å². The van der Waals surface area contributed by atoms with Crippen LogP contribution in [0.3, 0.4) is 0 Å². The fraction of sp³-hybridized carbons (Fsp3) is 0. The van der Waals surface area contributed by atoms with Crippen molar-refractivity contribution in [3.8, 4) is 6.07 Å². The van der Waals surface area contributed by atoms with Crippen LogP contribution in [0.15, 0.2) is 36.1 Å². The first-order valence-corrected chi connectivity index (χ1v) is 4.36. The van der Waals surface area contributed by atoms with Crippen molar-refractivity contribution in [1.29, 1.82) is 5.26 Å². The van der Waals surface area contributed by atoms with Gasteiger partial charge >= 0.3 is 0 Å². The summed E-state index contributed by atoms with van der Waals surface area (Å²) in [5.41, 5.74) is 0.0945. The molecular weight excluding hydrogens is 216 g/mol. The van der Waals surface area contributed by atoms with E-state index in [4.69, 9.17) is 22.0 Å². The number of anilines is 1. The van der Waals surface area contributed by atoms with E-state index in [2.05, 4.69) is 5.32 Å². The number of carbonyl (C=O) groups is 1. The molecule has 0 aliphatic carbocycles. The lowest BCUT2D eigenvalue weighted by Crippen LogP contribution is -2.13. The number of hydrogen-bond donors (Lipinski definition) is 2. The van der Waals surface area contributed by atoms with Gasteiger partial charge < -0.3 is 10.4 Å². The predicted octanol–water partition coefficient (Wildman–Crippen LogP) is 2.24. The number of hydrogen-bond acceptors (Lipinski definition) is 3. The van der Waals surface area contributed by atoms with E-state index in [1.165, 1.54) is 6.07 Å². The minimum absolute atomic E-state index is 0.366. The van der Waals surface area contributed by atoms with Crippen LogP contribution in [0.25, 0.3) is 0 Å². The van der Waals surface area contributed by atoms with Crippen molar-refractivity contribution in [2.45, 2.75) is 0 Å². The van der Waals surface area contributed by atoms with Crippen molar-refractivity contribution in [2.75, 3.05) is 5.32 Å². The lowest BCUT2D eigenvalue weighted by atomic mass is 10.2. The smallest absolute Gasteiger partial charge is 0.269 e. The summed E-state index contributed by atoms with van der Waals surface area (Å²) in [7, 11) is 0. The average molecular weight is 223 g/mol. The van der Waals surface area contributed by atoms with Gasteiger partial charge in [0.1, 0.15) is 12.3 Å². The van der Waals surface area contributed by atoms with E-state index in [9.17, 15) is 4.79 Å². The van der Waals surface area contributed by atoms with Crippen LogP contribution in [0.5, 0.6) is 0 Å². The zero-order valence-electron chi connectivity index (χ0n) is 7.57. The predicted molar refractivity (Wildman–Crippen MR) is 56.4 cm³/mol. The van der Waals surface area contributed by atoms with Crippen LogP contribution in [0.4, 0.5) is 5.69 Å². The molecule has 1 amide bonds. The van der Waals surface area contributed by atoms with Gasteiger partial charge in [0.15, 0.2) is 5.57 Å². The van der Waals surface area contributed by atoms with E-state index in [1.807, 2.05) is 0 Å². The van der Waals surface area contributed by atoms with Crippen molar-refractivity contribution in [3.05, 3.63) is 41.1 Å². The van der Waals surface area contributed by atoms with E-state index in [1.54, 1.807) is 24.3 Å². The van der Waals surface area contributed by atoms with E-state index < -0.39 is 5.91 Å².